The summed E-state index contributed by atoms with van der Waals surface area (Å²) in [6, 6.07) is 15.8. The molecule has 0 saturated heterocycles. The van der Waals surface area contributed by atoms with Crippen molar-refractivity contribution in [3.05, 3.63) is 53.6 Å². The Bertz CT molecular complexity index is 868. The highest BCUT2D eigenvalue weighted by molar-refractivity contribution is 7.99. The van der Waals surface area contributed by atoms with Gasteiger partial charge in [0.1, 0.15) is 11.6 Å². The number of nitrogens with zero attached hydrogens (tertiary/aromatic N) is 2. The molecule has 1 aliphatic rings. The first kappa shape index (κ1) is 16.2. The molecule has 5 heteroatoms. The first-order valence-corrected chi connectivity index (χ1v) is 8.49. The van der Waals surface area contributed by atoms with Gasteiger partial charge in [-0.3, -0.25) is 0 Å². The number of carboxylic acids is 1. The van der Waals surface area contributed by atoms with E-state index < -0.39 is 5.97 Å². The molecule has 1 N–H and O–H groups in total. The standard InChI is InChI=1S/C19H16N2O2S/c1-2-9-21-15-5-3-4-6-17(15)24-18-11-13(7-8-16(18)21)10-14(12-20)19(22)23/h3-8,10-11H,2,9H2,1H3,(H,22,23)/b14-10-. The minimum atomic E-state index is -1.21. The Morgan fingerprint density at radius 3 is 2.71 bits per heavy atom. The molecule has 0 amide bonds. The average Bonchev–Trinajstić information content (AvgIpc) is 2.59. The molecule has 2 aromatic carbocycles. The molecule has 3 rings (SSSR count). The van der Waals surface area contributed by atoms with Gasteiger partial charge in [0.05, 0.1) is 11.4 Å². The molecule has 0 saturated carbocycles. The van der Waals surface area contributed by atoms with Gasteiger partial charge in [0, 0.05) is 16.3 Å². The van der Waals surface area contributed by atoms with Crippen LogP contribution in [-0.4, -0.2) is 17.6 Å². The number of fused-ring (bicyclic) bond motifs is 2. The number of para-hydroxylation sites is 1. The molecule has 1 heterocycles. The number of hydrogen-bond acceptors (Lipinski definition) is 4. The Kier molecular flexibility index (Phi) is 4.59. The van der Waals surface area contributed by atoms with Gasteiger partial charge in [-0.1, -0.05) is 36.9 Å². The van der Waals surface area contributed by atoms with Crippen molar-refractivity contribution in [1.82, 2.24) is 0 Å². The third kappa shape index (κ3) is 3.01. The summed E-state index contributed by atoms with van der Waals surface area (Å²) in [6.07, 6.45) is 2.44. The molecular weight excluding hydrogens is 320 g/mol. The zero-order valence-corrected chi connectivity index (χ0v) is 14.0. The summed E-state index contributed by atoms with van der Waals surface area (Å²) in [5, 5.41) is 17.9. The molecule has 0 atom stereocenters. The Morgan fingerprint density at radius 1 is 1.25 bits per heavy atom. The molecule has 0 aromatic heterocycles. The van der Waals surface area contributed by atoms with Gasteiger partial charge < -0.3 is 10.0 Å². The highest BCUT2D eigenvalue weighted by Crippen LogP contribution is 2.48. The van der Waals surface area contributed by atoms with Gasteiger partial charge in [-0.25, -0.2) is 4.79 Å². The van der Waals surface area contributed by atoms with E-state index in [-0.39, 0.29) is 5.57 Å². The Hall–Kier alpha value is -2.71. The van der Waals surface area contributed by atoms with Crippen LogP contribution in [0.25, 0.3) is 6.08 Å². The third-order valence-electron chi connectivity index (χ3n) is 3.76. The minimum absolute atomic E-state index is 0.262. The van der Waals surface area contributed by atoms with E-state index in [4.69, 9.17) is 10.4 Å². The molecule has 4 nitrogen and oxygen atoms in total. The van der Waals surface area contributed by atoms with E-state index in [1.54, 1.807) is 17.8 Å². The average molecular weight is 336 g/mol. The second-order valence-electron chi connectivity index (χ2n) is 5.42. The predicted molar refractivity (Wildman–Crippen MR) is 95.5 cm³/mol. The van der Waals surface area contributed by atoms with Crippen molar-refractivity contribution >= 4 is 35.2 Å². The summed E-state index contributed by atoms with van der Waals surface area (Å²) < 4.78 is 0. The van der Waals surface area contributed by atoms with E-state index in [0.717, 1.165) is 29.1 Å². The maximum atomic E-state index is 11.0. The molecule has 0 aliphatic carbocycles. The highest BCUT2D eigenvalue weighted by atomic mass is 32.2. The molecule has 0 unspecified atom stereocenters. The summed E-state index contributed by atoms with van der Waals surface area (Å²) in [5.41, 5.74) is 2.77. The fourth-order valence-electron chi connectivity index (χ4n) is 2.71. The summed E-state index contributed by atoms with van der Waals surface area (Å²) in [5.74, 6) is -1.21. The van der Waals surface area contributed by atoms with Crippen LogP contribution in [-0.2, 0) is 4.79 Å². The number of benzene rings is 2. The molecule has 120 valence electrons. The van der Waals surface area contributed by atoms with Gasteiger partial charge in [-0.2, -0.15) is 5.26 Å². The van der Waals surface area contributed by atoms with Crippen molar-refractivity contribution in [3.63, 3.8) is 0 Å². The van der Waals surface area contributed by atoms with E-state index in [1.165, 1.54) is 16.7 Å². The Morgan fingerprint density at radius 2 is 2.00 bits per heavy atom. The number of hydrogen-bond donors (Lipinski definition) is 1. The molecule has 24 heavy (non-hydrogen) atoms. The van der Waals surface area contributed by atoms with Crippen LogP contribution in [0.5, 0.6) is 0 Å². The lowest BCUT2D eigenvalue weighted by atomic mass is 10.1. The highest BCUT2D eigenvalue weighted by Gasteiger charge is 2.22. The van der Waals surface area contributed by atoms with E-state index in [2.05, 4.69) is 24.0 Å². The van der Waals surface area contributed by atoms with Gasteiger partial charge in [-0.15, -0.1) is 0 Å². The van der Waals surface area contributed by atoms with Gasteiger partial charge in [0.15, 0.2) is 0 Å². The topological polar surface area (TPSA) is 64.3 Å². The molecule has 1 aliphatic heterocycles. The summed E-state index contributed by atoms with van der Waals surface area (Å²) in [7, 11) is 0. The van der Waals surface area contributed by atoms with Crippen LogP contribution in [0, 0.1) is 11.3 Å². The normalized spacial score (nSPS) is 13.0. The van der Waals surface area contributed by atoms with Gasteiger partial charge in [0.25, 0.3) is 0 Å². The lowest BCUT2D eigenvalue weighted by Gasteiger charge is -2.32. The largest absolute Gasteiger partial charge is 0.477 e. The smallest absolute Gasteiger partial charge is 0.346 e. The fourth-order valence-corrected chi connectivity index (χ4v) is 3.86. The predicted octanol–water partition coefficient (Wildman–Crippen LogP) is 4.69. The van der Waals surface area contributed by atoms with Crippen LogP contribution in [0.2, 0.25) is 0 Å². The monoisotopic (exact) mass is 336 g/mol. The van der Waals surface area contributed by atoms with Crippen molar-refractivity contribution in [2.24, 2.45) is 0 Å². The van der Waals surface area contributed by atoms with Crippen LogP contribution < -0.4 is 4.90 Å². The maximum Gasteiger partial charge on any atom is 0.346 e. The van der Waals surface area contributed by atoms with Crippen LogP contribution in [0.15, 0.2) is 57.8 Å². The van der Waals surface area contributed by atoms with Gasteiger partial charge >= 0.3 is 5.97 Å². The summed E-state index contributed by atoms with van der Waals surface area (Å²) in [6.45, 7) is 3.06. The third-order valence-corrected chi connectivity index (χ3v) is 4.87. The summed E-state index contributed by atoms with van der Waals surface area (Å²) >= 11 is 1.67. The minimum Gasteiger partial charge on any atom is -0.477 e. The SMILES string of the molecule is CCCN1c2ccccc2Sc2cc(/C=C(/C#N)C(=O)O)ccc21. The first-order valence-electron chi connectivity index (χ1n) is 7.67. The number of carbonyl (C=O) groups is 1. The maximum absolute atomic E-state index is 11.0. The van der Waals surface area contributed by atoms with E-state index in [1.807, 2.05) is 30.3 Å². The van der Waals surface area contributed by atoms with Crippen LogP contribution in [0.1, 0.15) is 18.9 Å². The lowest BCUT2D eigenvalue weighted by molar-refractivity contribution is -0.132. The zero-order chi connectivity index (χ0) is 17.1. The molecule has 2 aromatic rings. The second-order valence-corrected chi connectivity index (χ2v) is 6.51. The second kappa shape index (κ2) is 6.81. The molecule has 0 bridgehead atoms. The van der Waals surface area contributed by atoms with Crippen molar-refractivity contribution in [2.45, 2.75) is 23.1 Å². The Balaban J connectivity index is 2.05. The van der Waals surface area contributed by atoms with Crippen LogP contribution in [0.3, 0.4) is 0 Å². The molecule has 0 spiro atoms. The van der Waals surface area contributed by atoms with Crippen molar-refractivity contribution in [1.29, 1.82) is 5.26 Å². The van der Waals surface area contributed by atoms with Crippen molar-refractivity contribution < 1.29 is 9.90 Å². The van der Waals surface area contributed by atoms with Crippen LogP contribution >= 0.6 is 11.8 Å². The van der Waals surface area contributed by atoms with E-state index in [9.17, 15) is 4.79 Å². The van der Waals surface area contributed by atoms with E-state index in [0.29, 0.717) is 0 Å². The quantitative estimate of drug-likeness (QED) is 0.648. The molecular formula is C19H16N2O2S. The zero-order valence-electron chi connectivity index (χ0n) is 13.2. The van der Waals surface area contributed by atoms with Gasteiger partial charge in [0.2, 0.25) is 0 Å². The van der Waals surface area contributed by atoms with Crippen LogP contribution in [0.4, 0.5) is 11.4 Å². The fraction of sp³-hybridized carbons (Fsp3) is 0.158. The first-order chi connectivity index (χ1) is 11.6. The Labute approximate surface area is 145 Å². The molecule has 0 radical (unpaired) electrons. The number of aliphatic carboxylic acids is 1. The number of anilines is 2. The number of carboxylic acid groups (broad SMARTS) is 1. The molecule has 0 fully saturated rings. The number of nitriles is 1. The summed E-state index contributed by atoms with van der Waals surface area (Å²) in [4.78, 5) is 15.6. The van der Waals surface area contributed by atoms with Gasteiger partial charge in [-0.05, 0) is 42.3 Å². The lowest BCUT2D eigenvalue weighted by Crippen LogP contribution is -2.21. The van der Waals surface area contributed by atoms with Crippen molar-refractivity contribution in [2.75, 3.05) is 11.4 Å². The van der Waals surface area contributed by atoms with Crippen molar-refractivity contribution in [3.8, 4) is 6.07 Å². The van der Waals surface area contributed by atoms with E-state index >= 15 is 0 Å². The number of rotatable bonds is 4.